The van der Waals surface area contributed by atoms with E-state index in [4.69, 9.17) is 4.74 Å². The van der Waals surface area contributed by atoms with Crippen molar-refractivity contribution in [3.8, 4) is 5.75 Å². The maximum Gasteiger partial charge on any atom is 0.243 e. The molecule has 0 unspecified atom stereocenters. The van der Waals surface area contributed by atoms with Gasteiger partial charge in [-0.15, -0.1) is 0 Å². The molecule has 7 heteroatoms. The van der Waals surface area contributed by atoms with Crippen molar-refractivity contribution in [3.05, 3.63) is 54.6 Å². The first-order valence-electron chi connectivity index (χ1n) is 9.49. The molecule has 0 aromatic heterocycles. The number of rotatable bonds is 6. The number of carbonyl (C=O) groups is 1. The number of benzene rings is 2. The van der Waals surface area contributed by atoms with Crippen LogP contribution in [0.25, 0.3) is 0 Å². The normalized spacial score (nSPS) is 16.1. The van der Waals surface area contributed by atoms with Gasteiger partial charge in [0, 0.05) is 19.0 Å². The van der Waals surface area contributed by atoms with Crippen molar-refractivity contribution in [3.63, 3.8) is 0 Å². The predicted octanol–water partition coefficient (Wildman–Crippen LogP) is 3.51. The smallest absolute Gasteiger partial charge is 0.243 e. The minimum Gasteiger partial charge on any atom is -0.489 e. The maximum atomic E-state index is 12.7. The first-order valence-corrected chi connectivity index (χ1v) is 10.9. The van der Waals surface area contributed by atoms with E-state index in [-0.39, 0.29) is 22.8 Å². The summed E-state index contributed by atoms with van der Waals surface area (Å²) < 4.78 is 32.6. The third kappa shape index (κ3) is 4.72. The van der Waals surface area contributed by atoms with E-state index in [1.165, 1.54) is 4.31 Å². The fraction of sp³-hybridized carbons (Fsp3) is 0.381. The van der Waals surface area contributed by atoms with Gasteiger partial charge in [-0.05, 0) is 51.0 Å². The lowest BCUT2D eigenvalue weighted by Crippen LogP contribution is -2.41. The average molecular weight is 403 g/mol. The molecule has 150 valence electrons. The Morgan fingerprint density at radius 2 is 1.64 bits per heavy atom. The summed E-state index contributed by atoms with van der Waals surface area (Å²) >= 11 is 0. The third-order valence-electron chi connectivity index (χ3n) is 4.71. The van der Waals surface area contributed by atoms with Crippen LogP contribution in [-0.4, -0.2) is 37.8 Å². The van der Waals surface area contributed by atoms with Crippen molar-refractivity contribution in [1.29, 1.82) is 0 Å². The molecule has 1 saturated heterocycles. The molecule has 0 bridgehead atoms. The van der Waals surface area contributed by atoms with Crippen LogP contribution in [0.3, 0.4) is 0 Å². The lowest BCUT2D eigenvalue weighted by molar-refractivity contribution is -0.120. The molecule has 0 aliphatic carbocycles. The van der Waals surface area contributed by atoms with Gasteiger partial charge >= 0.3 is 0 Å². The minimum atomic E-state index is -3.51. The number of piperidine rings is 1. The first-order chi connectivity index (χ1) is 13.4. The van der Waals surface area contributed by atoms with Crippen LogP contribution < -0.4 is 10.1 Å². The summed E-state index contributed by atoms with van der Waals surface area (Å²) in [7, 11) is -3.51. The standard InChI is InChI=1S/C21H26N2O4S/c1-16(2)27-20-11-7-6-10-19(20)22-21(24)17-12-14-23(15-13-17)28(25,26)18-8-4-3-5-9-18/h3-11,16-17H,12-15H2,1-2H3,(H,22,24). The van der Waals surface area contributed by atoms with Crippen molar-refractivity contribution in [2.45, 2.75) is 37.7 Å². The summed E-state index contributed by atoms with van der Waals surface area (Å²) in [4.78, 5) is 13.0. The fourth-order valence-electron chi connectivity index (χ4n) is 3.26. The number of para-hydroxylation sites is 2. The van der Waals surface area contributed by atoms with E-state index in [0.717, 1.165) is 0 Å². The first kappa shape index (κ1) is 20.4. The number of nitrogens with zero attached hydrogens (tertiary/aromatic N) is 1. The molecule has 1 fully saturated rings. The van der Waals surface area contributed by atoms with Gasteiger partial charge in [-0.3, -0.25) is 4.79 Å². The molecule has 0 radical (unpaired) electrons. The highest BCUT2D eigenvalue weighted by molar-refractivity contribution is 7.89. The van der Waals surface area contributed by atoms with Gasteiger partial charge in [-0.2, -0.15) is 4.31 Å². The quantitative estimate of drug-likeness (QED) is 0.802. The minimum absolute atomic E-state index is 0.00415. The van der Waals surface area contributed by atoms with Crippen molar-refractivity contribution >= 4 is 21.6 Å². The van der Waals surface area contributed by atoms with Crippen LogP contribution >= 0.6 is 0 Å². The van der Waals surface area contributed by atoms with Gasteiger partial charge in [0.2, 0.25) is 15.9 Å². The third-order valence-corrected chi connectivity index (χ3v) is 6.63. The Hall–Kier alpha value is -2.38. The Bertz CT molecular complexity index is 905. The van der Waals surface area contributed by atoms with Crippen LogP contribution in [0.15, 0.2) is 59.5 Å². The summed E-state index contributed by atoms with van der Waals surface area (Å²) in [6.45, 7) is 4.53. The van der Waals surface area contributed by atoms with Crippen molar-refractivity contribution in [2.75, 3.05) is 18.4 Å². The lowest BCUT2D eigenvalue weighted by atomic mass is 9.97. The molecule has 1 aliphatic heterocycles. The van der Waals surface area contributed by atoms with Crippen LogP contribution in [0.5, 0.6) is 5.75 Å². The number of nitrogens with one attached hydrogen (secondary N) is 1. The van der Waals surface area contributed by atoms with Crippen LogP contribution in [0.2, 0.25) is 0 Å². The summed E-state index contributed by atoms with van der Waals surface area (Å²) in [5.41, 5.74) is 0.639. The highest BCUT2D eigenvalue weighted by atomic mass is 32.2. The number of hydrogen-bond donors (Lipinski definition) is 1. The second-order valence-corrected chi connectivity index (χ2v) is 9.08. The maximum absolute atomic E-state index is 12.7. The van der Waals surface area contributed by atoms with Crippen molar-refractivity contribution < 1.29 is 17.9 Å². The Kier molecular flexibility index (Phi) is 6.36. The lowest BCUT2D eigenvalue weighted by Gasteiger charge is -2.30. The zero-order valence-corrected chi connectivity index (χ0v) is 17.0. The molecule has 0 atom stereocenters. The van der Waals surface area contributed by atoms with Gasteiger partial charge in [-0.1, -0.05) is 30.3 Å². The van der Waals surface area contributed by atoms with Crippen molar-refractivity contribution in [1.82, 2.24) is 4.31 Å². The van der Waals surface area contributed by atoms with E-state index in [9.17, 15) is 13.2 Å². The molecule has 1 aliphatic rings. The fourth-order valence-corrected chi connectivity index (χ4v) is 4.75. The van der Waals surface area contributed by atoms with Gasteiger partial charge in [0.15, 0.2) is 0 Å². The number of hydrogen-bond acceptors (Lipinski definition) is 4. The Morgan fingerprint density at radius 3 is 2.29 bits per heavy atom. The second kappa shape index (κ2) is 8.75. The molecular formula is C21H26N2O4S. The number of ether oxygens (including phenoxy) is 1. The van der Waals surface area contributed by atoms with E-state index in [0.29, 0.717) is 37.4 Å². The van der Waals surface area contributed by atoms with E-state index in [2.05, 4.69) is 5.32 Å². The Labute approximate surface area is 166 Å². The molecule has 3 rings (SSSR count). The SMILES string of the molecule is CC(C)Oc1ccccc1NC(=O)C1CCN(S(=O)(=O)c2ccccc2)CC1. The highest BCUT2D eigenvalue weighted by Crippen LogP contribution is 2.28. The predicted molar refractivity (Wildman–Crippen MR) is 109 cm³/mol. The van der Waals surface area contributed by atoms with Crippen LogP contribution in [0.1, 0.15) is 26.7 Å². The zero-order chi connectivity index (χ0) is 20.1. The van der Waals surface area contributed by atoms with Gasteiger partial charge in [0.05, 0.1) is 16.7 Å². The summed E-state index contributed by atoms with van der Waals surface area (Å²) in [5, 5.41) is 2.94. The van der Waals surface area contributed by atoms with Gasteiger partial charge < -0.3 is 10.1 Å². The molecule has 1 amide bonds. The van der Waals surface area contributed by atoms with Crippen LogP contribution in [0, 0.1) is 5.92 Å². The molecule has 0 spiro atoms. The molecule has 1 heterocycles. The van der Waals surface area contributed by atoms with E-state index >= 15 is 0 Å². The van der Waals surface area contributed by atoms with Crippen LogP contribution in [0.4, 0.5) is 5.69 Å². The monoisotopic (exact) mass is 402 g/mol. The number of sulfonamides is 1. The Morgan fingerprint density at radius 1 is 1.04 bits per heavy atom. The highest BCUT2D eigenvalue weighted by Gasteiger charge is 2.32. The topological polar surface area (TPSA) is 75.7 Å². The number of amides is 1. The largest absolute Gasteiger partial charge is 0.489 e. The van der Waals surface area contributed by atoms with Gasteiger partial charge in [0.25, 0.3) is 0 Å². The molecule has 1 N–H and O–H groups in total. The Balaban J connectivity index is 1.62. The average Bonchev–Trinajstić information content (AvgIpc) is 2.70. The number of anilines is 1. The van der Waals surface area contributed by atoms with E-state index in [1.54, 1.807) is 30.3 Å². The summed E-state index contributed by atoms with van der Waals surface area (Å²) in [6, 6.07) is 15.7. The zero-order valence-electron chi connectivity index (χ0n) is 16.2. The second-order valence-electron chi connectivity index (χ2n) is 7.14. The molecule has 2 aromatic carbocycles. The molecular weight excluding hydrogens is 376 g/mol. The summed E-state index contributed by atoms with van der Waals surface area (Å²) in [6.07, 6.45) is 0.986. The van der Waals surface area contributed by atoms with Crippen LogP contribution in [-0.2, 0) is 14.8 Å². The van der Waals surface area contributed by atoms with Crippen molar-refractivity contribution in [2.24, 2.45) is 5.92 Å². The molecule has 28 heavy (non-hydrogen) atoms. The molecule has 6 nitrogen and oxygen atoms in total. The molecule has 2 aromatic rings. The summed E-state index contributed by atoms with van der Waals surface area (Å²) in [5.74, 6) is 0.306. The number of carbonyl (C=O) groups excluding carboxylic acids is 1. The van der Waals surface area contributed by atoms with E-state index in [1.807, 2.05) is 38.1 Å². The molecule has 0 saturated carbocycles. The van der Waals surface area contributed by atoms with Gasteiger partial charge in [-0.25, -0.2) is 8.42 Å². The van der Waals surface area contributed by atoms with E-state index < -0.39 is 10.0 Å². The van der Waals surface area contributed by atoms with Gasteiger partial charge in [0.1, 0.15) is 5.75 Å².